The largest absolute Gasteiger partial charge is 2.00 e. The van der Waals surface area contributed by atoms with Gasteiger partial charge in [-0.25, -0.2) is 0 Å². The normalized spacial score (nSPS) is 22.4. The Bertz CT molecular complexity index is 1160. The zero-order valence-corrected chi connectivity index (χ0v) is 32.1. The first-order chi connectivity index (χ1) is 21.8. The van der Waals surface area contributed by atoms with Crippen molar-refractivity contribution < 1.29 is 17.1 Å². The molecule has 3 atom stereocenters. The molecule has 4 aliphatic rings. The van der Waals surface area contributed by atoms with Crippen LogP contribution in [0.5, 0.6) is 0 Å². The van der Waals surface area contributed by atoms with Crippen LogP contribution < -0.4 is 0 Å². The molecule has 4 aliphatic carbocycles. The van der Waals surface area contributed by atoms with Crippen LogP contribution in [0.3, 0.4) is 0 Å². The van der Waals surface area contributed by atoms with Gasteiger partial charge in [-0.05, 0) is 89.6 Å². The molecule has 7 rings (SSSR count). The van der Waals surface area contributed by atoms with E-state index in [0.717, 1.165) is 22.9 Å². The van der Waals surface area contributed by atoms with E-state index in [9.17, 15) is 0 Å². The summed E-state index contributed by atoms with van der Waals surface area (Å²) >= 11 is 0. The average Bonchev–Trinajstić information content (AvgIpc) is 3.84. The molecule has 0 radical (unpaired) electrons. The minimum absolute atomic E-state index is 0. The molecular formula is C45H65FeP. The Morgan fingerprint density at radius 2 is 0.915 bits per heavy atom. The second-order valence-electron chi connectivity index (χ2n) is 14.6. The second kappa shape index (κ2) is 21.0. The number of benzene rings is 3. The molecule has 0 spiro atoms. The number of hydrogen-bond donors (Lipinski definition) is 0. The minimum Gasteiger partial charge on any atom is -0.358 e. The van der Waals surface area contributed by atoms with Crippen molar-refractivity contribution in [1.29, 1.82) is 0 Å². The summed E-state index contributed by atoms with van der Waals surface area (Å²) in [5, 5.41) is 0. The van der Waals surface area contributed by atoms with Crippen LogP contribution >= 0.6 is 7.92 Å². The first kappa shape index (κ1) is 40.0. The molecule has 0 bridgehead atoms. The summed E-state index contributed by atoms with van der Waals surface area (Å²) in [5.41, 5.74) is 9.05. The Labute approximate surface area is 302 Å². The summed E-state index contributed by atoms with van der Waals surface area (Å²) in [4.78, 5) is 0. The van der Waals surface area contributed by atoms with Gasteiger partial charge in [0.15, 0.2) is 0 Å². The van der Waals surface area contributed by atoms with Gasteiger partial charge in [0.1, 0.15) is 0 Å². The first-order valence-electron chi connectivity index (χ1n) is 18.8. The molecule has 0 N–H and O–H groups in total. The van der Waals surface area contributed by atoms with Gasteiger partial charge in [-0.3, -0.25) is 0 Å². The van der Waals surface area contributed by atoms with Gasteiger partial charge < -0.3 is 14.9 Å². The summed E-state index contributed by atoms with van der Waals surface area (Å²) in [5.74, 6) is 1.87. The monoisotopic (exact) mass is 692 g/mol. The van der Waals surface area contributed by atoms with Gasteiger partial charge in [0, 0.05) is 5.92 Å². The summed E-state index contributed by atoms with van der Waals surface area (Å²) in [7, 11) is 0.101. The van der Waals surface area contributed by atoms with Crippen molar-refractivity contribution in [3.05, 3.63) is 122 Å². The van der Waals surface area contributed by atoms with Crippen molar-refractivity contribution in [2.24, 2.45) is 5.92 Å². The van der Waals surface area contributed by atoms with Gasteiger partial charge in [0.05, 0.1) is 0 Å². The smallest absolute Gasteiger partial charge is 0.358 e. The fraction of sp³-hybridized carbons (Fsp3) is 0.556. The molecule has 0 nitrogen and oxygen atoms in total. The van der Waals surface area contributed by atoms with Crippen LogP contribution in [0.4, 0.5) is 0 Å². The molecule has 0 amide bonds. The second-order valence-corrected chi connectivity index (χ2v) is 17.8. The Balaban J connectivity index is 0.000000688. The van der Waals surface area contributed by atoms with E-state index in [0.29, 0.717) is 11.8 Å². The van der Waals surface area contributed by atoms with Crippen molar-refractivity contribution >= 4 is 7.92 Å². The van der Waals surface area contributed by atoms with Gasteiger partial charge in [-0.15, -0.1) is 0 Å². The molecule has 258 valence electrons. The third kappa shape index (κ3) is 10.3. The van der Waals surface area contributed by atoms with Crippen LogP contribution in [0.2, 0.25) is 0 Å². The van der Waals surface area contributed by atoms with Gasteiger partial charge in [0.2, 0.25) is 0 Å². The van der Waals surface area contributed by atoms with Gasteiger partial charge >= 0.3 is 17.1 Å². The van der Waals surface area contributed by atoms with Crippen LogP contribution in [0.25, 0.3) is 0 Å². The van der Waals surface area contributed by atoms with Crippen molar-refractivity contribution in [1.82, 2.24) is 0 Å². The first-order valence-corrected chi connectivity index (χ1v) is 20.3. The van der Waals surface area contributed by atoms with Gasteiger partial charge in [-0.1, -0.05) is 177 Å². The van der Waals surface area contributed by atoms with Crippen LogP contribution in [-0.2, 0) is 17.1 Å². The van der Waals surface area contributed by atoms with E-state index >= 15 is 0 Å². The van der Waals surface area contributed by atoms with E-state index in [2.05, 4.69) is 91.9 Å². The Morgan fingerprint density at radius 3 is 1.40 bits per heavy atom. The number of rotatable bonds is 8. The molecule has 2 unspecified atom stereocenters. The molecule has 4 fully saturated rings. The van der Waals surface area contributed by atoms with Gasteiger partial charge in [-0.2, -0.15) is 0 Å². The van der Waals surface area contributed by atoms with E-state index in [1.807, 2.05) is 0 Å². The molecule has 4 saturated carbocycles. The molecule has 47 heavy (non-hydrogen) atoms. The molecular weight excluding hydrogens is 627 g/mol. The Kier molecular flexibility index (Phi) is 17.9. The van der Waals surface area contributed by atoms with Crippen molar-refractivity contribution in [2.45, 2.75) is 151 Å². The van der Waals surface area contributed by atoms with Crippen LogP contribution in [0, 0.1) is 20.8 Å². The standard InChI is InChI=1S/C38H49P.C5H10.2CH3.Fe/c1-29(39(32-21-10-4-11-22-32)33-23-12-5-13-24-33)34-27-16-28-35(34)36-25-14-15-26-37(36)38(30-17-6-2-7-18-30)31-19-8-3-9-20-31;1-2-4-5-3-1;;;/h2-3,6-9,14-15,17-20,25-26,29,32-35,38H,4-5,10-13,16,21-24,27-28H2,1H3;1-5H2;2*1H3;/q;;2*-1;+2/t29-,34?,35?;;;;/m1..../s1. The van der Waals surface area contributed by atoms with Crippen molar-refractivity contribution in [3.8, 4) is 0 Å². The molecule has 3 aromatic rings. The maximum atomic E-state index is 2.74. The molecule has 0 aliphatic heterocycles. The molecule has 3 aromatic carbocycles. The summed E-state index contributed by atoms with van der Waals surface area (Å²) < 4.78 is 0. The van der Waals surface area contributed by atoms with Gasteiger partial charge in [0.25, 0.3) is 0 Å². The maximum Gasteiger partial charge on any atom is 2.00 e. The summed E-state index contributed by atoms with van der Waals surface area (Å²) in [6, 6.07) is 32.2. The summed E-state index contributed by atoms with van der Waals surface area (Å²) in [6.07, 6.45) is 26.8. The fourth-order valence-electron chi connectivity index (χ4n) is 9.73. The SMILES string of the molecule is C1CCCC1.C[C@H](C1CCCC1c1ccccc1C(c1ccccc1)c1ccccc1)P(C1CCCCC1)C1CCCCC1.[CH3-].[CH3-].[Fe+2]. The third-order valence-corrected chi connectivity index (χ3v) is 15.9. The number of hydrogen-bond acceptors (Lipinski definition) is 0. The van der Waals surface area contributed by atoms with E-state index in [4.69, 9.17) is 0 Å². The maximum absolute atomic E-state index is 2.74. The quantitative estimate of drug-likeness (QED) is 0.0954. The molecule has 2 heteroatoms. The zero-order valence-electron chi connectivity index (χ0n) is 30.1. The Hall–Kier alpha value is -1.39. The molecule has 0 saturated heterocycles. The summed E-state index contributed by atoms with van der Waals surface area (Å²) in [6.45, 7) is 2.74. The van der Waals surface area contributed by atoms with E-state index in [1.165, 1.54) is 127 Å². The van der Waals surface area contributed by atoms with Crippen molar-refractivity contribution in [2.75, 3.05) is 0 Å². The fourth-order valence-corrected chi connectivity index (χ4v) is 14.4. The average molecular weight is 693 g/mol. The van der Waals surface area contributed by atoms with Crippen LogP contribution in [-0.4, -0.2) is 17.0 Å². The predicted octanol–water partition coefficient (Wildman–Crippen LogP) is 14.1. The predicted molar refractivity (Wildman–Crippen MR) is 206 cm³/mol. The topological polar surface area (TPSA) is 0 Å². The van der Waals surface area contributed by atoms with Crippen LogP contribution in [0.1, 0.15) is 157 Å². The Morgan fingerprint density at radius 1 is 0.489 bits per heavy atom. The third-order valence-electron chi connectivity index (χ3n) is 11.9. The zero-order chi connectivity index (χ0) is 30.0. The van der Waals surface area contributed by atoms with Crippen LogP contribution in [0.15, 0.2) is 84.9 Å². The van der Waals surface area contributed by atoms with E-state index < -0.39 is 0 Å². The molecule has 0 heterocycles. The van der Waals surface area contributed by atoms with E-state index in [1.54, 1.807) is 11.1 Å². The van der Waals surface area contributed by atoms with E-state index in [-0.39, 0.29) is 39.8 Å². The minimum atomic E-state index is 0. The van der Waals surface area contributed by atoms with Crippen molar-refractivity contribution in [3.63, 3.8) is 0 Å². The molecule has 0 aromatic heterocycles.